The molecule has 220 valence electrons. The van der Waals surface area contributed by atoms with E-state index in [4.69, 9.17) is 10.8 Å². The summed E-state index contributed by atoms with van der Waals surface area (Å²) in [6, 6.07) is 2.69. The first-order valence-corrected chi connectivity index (χ1v) is 13.1. The van der Waals surface area contributed by atoms with Gasteiger partial charge in [-0.15, -0.1) is 0 Å². The number of imidazole rings is 1. The molecular formula is C27H35N7O7. The van der Waals surface area contributed by atoms with Crippen molar-refractivity contribution in [3.05, 3.63) is 54.2 Å². The number of amides is 3. The van der Waals surface area contributed by atoms with E-state index in [1.54, 1.807) is 20.0 Å². The van der Waals surface area contributed by atoms with Crippen molar-refractivity contribution in [2.45, 2.75) is 63.7 Å². The quantitative estimate of drug-likeness (QED) is 0.123. The predicted octanol–water partition coefficient (Wildman–Crippen LogP) is 0.0633. The van der Waals surface area contributed by atoms with Gasteiger partial charge in [-0.1, -0.05) is 32.0 Å². The minimum atomic E-state index is -1.37. The Bertz CT molecular complexity index is 1370. The highest BCUT2D eigenvalue weighted by Gasteiger charge is 2.32. The number of rotatable bonds is 15. The molecule has 14 heteroatoms. The summed E-state index contributed by atoms with van der Waals surface area (Å²) in [7, 11) is 0. The Kier molecular flexibility index (Phi) is 10.6. The summed E-state index contributed by atoms with van der Waals surface area (Å²) in [6.45, 7) is 3.19. The number of benzene rings is 1. The van der Waals surface area contributed by atoms with E-state index < -0.39 is 66.2 Å². The zero-order valence-corrected chi connectivity index (χ0v) is 22.7. The van der Waals surface area contributed by atoms with E-state index >= 15 is 0 Å². The zero-order valence-electron chi connectivity index (χ0n) is 22.7. The summed E-state index contributed by atoms with van der Waals surface area (Å²) >= 11 is 0. The van der Waals surface area contributed by atoms with Crippen LogP contribution >= 0.6 is 0 Å². The number of para-hydroxylation sites is 1. The molecule has 3 aromatic rings. The third-order valence-electron chi connectivity index (χ3n) is 6.57. The number of nitrogens with two attached hydrogens (primary N) is 1. The molecular weight excluding hydrogens is 534 g/mol. The summed E-state index contributed by atoms with van der Waals surface area (Å²) < 4.78 is 0. The van der Waals surface area contributed by atoms with Gasteiger partial charge in [0.1, 0.15) is 18.1 Å². The van der Waals surface area contributed by atoms with Crippen LogP contribution in [0.15, 0.2) is 43.0 Å². The lowest BCUT2D eigenvalue weighted by atomic mass is 10.0. The minimum absolute atomic E-state index is 0.0333. The second kappa shape index (κ2) is 14.1. The lowest BCUT2D eigenvalue weighted by Gasteiger charge is -2.25. The van der Waals surface area contributed by atoms with E-state index in [1.807, 2.05) is 24.3 Å². The Morgan fingerprint density at radius 2 is 1.61 bits per heavy atom. The molecule has 0 aliphatic rings. The number of H-pyrrole nitrogens is 2. The van der Waals surface area contributed by atoms with Crippen LogP contribution in [0.2, 0.25) is 0 Å². The summed E-state index contributed by atoms with van der Waals surface area (Å²) in [4.78, 5) is 72.1. The Hall–Kier alpha value is -4.72. The lowest BCUT2D eigenvalue weighted by molar-refractivity contribution is -0.144. The van der Waals surface area contributed by atoms with Gasteiger partial charge in [0, 0.05) is 41.8 Å². The second-order valence-electron chi connectivity index (χ2n) is 10.1. The number of fused-ring (bicyclic) bond motifs is 1. The summed E-state index contributed by atoms with van der Waals surface area (Å²) in [5, 5.41) is 27.0. The Labute approximate surface area is 235 Å². The van der Waals surface area contributed by atoms with Crippen molar-refractivity contribution in [2.75, 3.05) is 0 Å². The van der Waals surface area contributed by atoms with Crippen LogP contribution in [0.5, 0.6) is 0 Å². The second-order valence-corrected chi connectivity index (χ2v) is 10.1. The van der Waals surface area contributed by atoms with Crippen molar-refractivity contribution in [3.8, 4) is 0 Å². The van der Waals surface area contributed by atoms with Gasteiger partial charge in [0.2, 0.25) is 17.7 Å². The molecule has 0 spiro atoms. The van der Waals surface area contributed by atoms with Crippen molar-refractivity contribution >= 4 is 40.6 Å². The molecule has 41 heavy (non-hydrogen) atoms. The molecule has 2 aromatic heterocycles. The number of hydrogen-bond donors (Lipinski definition) is 8. The van der Waals surface area contributed by atoms with Gasteiger partial charge in [0.15, 0.2) is 0 Å². The van der Waals surface area contributed by atoms with Gasteiger partial charge < -0.3 is 41.9 Å². The highest BCUT2D eigenvalue weighted by Crippen LogP contribution is 2.19. The van der Waals surface area contributed by atoms with E-state index in [0.717, 1.165) is 16.5 Å². The molecule has 0 saturated heterocycles. The highest BCUT2D eigenvalue weighted by atomic mass is 16.4. The topological polar surface area (TPSA) is 232 Å². The van der Waals surface area contributed by atoms with E-state index in [9.17, 15) is 29.1 Å². The number of nitrogens with zero attached hydrogens (tertiary/aromatic N) is 1. The smallest absolute Gasteiger partial charge is 0.326 e. The highest BCUT2D eigenvalue weighted by molar-refractivity contribution is 5.94. The molecule has 3 rings (SSSR count). The maximum absolute atomic E-state index is 13.4. The Morgan fingerprint density at radius 1 is 0.927 bits per heavy atom. The van der Waals surface area contributed by atoms with E-state index in [-0.39, 0.29) is 19.3 Å². The van der Waals surface area contributed by atoms with Gasteiger partial charge in [0.05, 0.1) is 12.4 Å². The number of nitrogens with one attached hydrogen (secondary N) is 5. The van der Waals surface area contributed by atoms with Gasteiger partial charge in [-0.25, -0.2) is 9.78 Å². The van der Waals surface area contributed by atoms with Gasteiger partial charge >= 0.3 is 11.9 Å². The fourth-order valence-corrected chi connectivity index (χ4v) is 4.31. The average molecular weight is 570 g/mol. The molecule has 0 aliphatic heterocycles. The molecule has 4 atom stereocenters. The van der Waals surface area contributed by atoms with Crippen LogP contribution in [0.3, 0.4) is 0 Å². The van der Waals surface area contributed by atoms with Crippen LogP contribution in [0, 0.1) is 5.92 Å². The van der Waals surface area contributed by atoms with Gasteiger partial charge in [-0.2, -0.15) is 0 Å². The number of hydrogen-bond acceptors (Lipinski definition) is 7. The summed E-state index contributed by atoms with van der Waals surface area (Å²) in [5.41, 5.74) is 8.42. The SMILES string of the molecule is CC(C)C(NC(=O)C(CCC(=O)O)NC(=O)C(Cc1cnc[nH]1)NC(=O)C(N)Cc1c[nH]c2ccccc12)C(=O)O. The van der Waals surface area contributed by atoms with Crippen molar-refractivity contribution in [1.82, 2.24) is 30.9 Å². The number of aromatic amines is 2. The Balaban J connectivity index is 1.76. The van der Waals surface area contributed by atoms with Crippen LogP contribution in [0.1, 0.15) is 37.9 Å². The molecule has 9 N–H and O–H groups in total. The lowest BCUT2D eigenvalue weighted by Crippen LogP contribution is -2.58. The molecule has 4 unspecified atom stereocenters. The summed E-state index contributed by atoms with van der Waals surface area (Å²) in [6.07, 6.45) is 4.01. The van der Waals surface area contributed by atoms with Crippen LogP contribution < -0.4 is 21.7 Å². The van der Waals surface area contributed by atoms with Gasteiger partial charge in [-0.3, -0.25) is 19.2 Å². The molecule has 0 fully saturated rings. The van der Waals surface area contributed by atoms with Crippen molar-refractivity contribution in [2.24, 2.45) is 11.7 Å². The van der Waals surface area contributed by atoms with Gasteiger partial charge in [0.25, 0.3) is 0 Å². The number of aromatic nitrogens is 3. The number of aliphatic carboxylic acids is 2. The van der Waals surface area contributed by atoms with Crippen LogP contribution in [0.4, 0.5) is 0 Å². The third kappa shape index (κ3) is 8.63. The molecule has 0 radical (unpaired) electrons. The molecule has 0 saturated carbocycles. The van der Waals surface area contributed by atoms with Crippen molar-refractivity contribution in [1.29, 1.82) is 0 Å². The molecule has 3 amide bonds. The number of carboxylic acid groups (broad SMARTS) is 2. The maximum atomic E-state index is 13.4. The zero-order chi connectivity index (χ0) is 30.1. The average Bonchev–Trinajstić information content (AvgIpc) is 3.58. The van der Waals surface area contributed by atoms with E-state index in [1.165, 1.54) is 12.5 Å². The first kappa shape index (κ1) is 30.8. The van der Waals surface area contributed by atoms with Gasteiger partial charge in [-0.05, 0) is 30.4 Å². The standard InChI is InChI=1S/C27H35N7O7/c1-14(2)23(27(40)41)34-25(38)20(7-8-22(35)36)32-26(39)21(10-16-12-29-13-31-16)33-24(37)18(28)9-15-11-30-19-6-4-3-5-17(15)19/h3-6,11-14,18,20-21,23,30H,7-10,28H2,1-2H3,(H,29,31)(H,32,39)(H,33,37)(H,34,38)(H,35,36)(H,40,41). The molecule has 1 aromatic carbocycles. The largest absolute Gasteiger partial charge is 0.481 e. The molecule has 0 aliphatic carbocycles. The van der Waals surface area contributed by atoms with Crippen LogP contribution in [-0.2, 0) is 36.8 Å². The van der Waals surface area contributed by atoms with Crippen molar-refractivity contribution in [3.63, 3.8) is 0 Å². The third-order valence-corrected chi connectivity index (χ3v) is 6.57. The number of carbonyl (C=O) groups is 5. The predicted molar refractivity (Wildman–Crippen MR) is 147 cm³/mol. The van der Waals surface area contributed by atoms with Crippen molar-refractivity contribution < 1.29 is 34.2 Å². The first-order valence-electron chi connectivity index (χ1n) is 13.1. The normalized spacial score (nSPS) is 14.1. The van der Waals surface area contributed by atoms with E-state index in [2.05, 4.69) is 30.9 Å². The maximum Gasteiger partial charge on any atom is 0.326 e. The summed E-state index contributed by atoms with van der Waals surface area (Å²) in [5.74, 6) is -5.21. The number of carboxylic acids is 2. The minimum Gasteiger partial charge on any atom is -0.481 e. The fourth-order valence-electron chi connectivity index (χ4n) is 4.31. The first-order chi connectivity index (χ1) is 19.5. The van der Waals surface area contributed by atoms with E-state index in [0.29, 0.717) is 5.69 Å². The molecule has 2 heterocycles. The Morgan fingerprint density at radius 3 is 2.24 bits per heavy atom. The number of carbonyl (C=O) groups excluding carboxylic acids is 3. The van der Waals surface area contributed by atoms with Crippen LogP contribution in [0.25, 0.3) is 10.9 Å². The fraction of sp³-hybridized carbons (Fsp3) is 0.407. The monoisotopic (exact) mass is 569 g/mol. The molecule has 0 bridgehead atoms. The molecule has 14 nitrogen and oxygen atoms in total. The van der Waals surface area contributed by atoms with Crippen LogP contribution in [-0.4, -0.2) is 79.0 Å².